The highest BCUT2D eigenvalue weighted by Gasteiger charge is 2.19. The van der Waals surface area contributed by atoms with E-state index in [0.29, 0.717) is 11.5 Å². The largest absolute Gasteiger partial charge is 0.497 e. The smallest absolute Gasteiger partial charge is 0.225 e. The van der Waals surface area contributed by atoms with Crippen molar-refractivity contribution in [2.45, 2.75) is 26.3 Å². The lowest BCUT2D eigenvalue weighted by molar-refractivity contribution is -0.121. The highest BCUT2D eigenvalue weighted by molar-refractivity contribution is 5.80. The van der Waals surface area contributed by atoms with E-state index < -0.39 is 0 Å². The van der Waals surface area contributed by atoms with Crippen molar-refractivity contribution in [3.8, 4) is 11.5 Å². The molecule has 0 radical (unpaired) electrons. The lowest BCUT2D eigenvalue weighted by atomic mass is 9.95. The van der Waals surface area contributed by atoms with Crippen LogP contribution in [0.15, 0.2) is 42.5 Å². The Kier molecular flexibility index (Phi) is 6.39. The third kappa shape index (κ3) is 4.95. The Balaban J connectivity index is 2.13. The van der Waals surface area contributed by atoms with Gasteiger partial charge in [-0.3, -0.25) is 4.79 Å². The van der Waals surface area contributed by atoms with Crippen LogP contribution in [0.2, 0.25) is 0 Å². The number of amides is 1. The van der Waals surface area contributed by atoms with Crippen LogP contribution in [-0.2, 0) is 11.2 Å². The van der Waals surface area contributed by atoms with Crippen LogP contribution in [0.4, 0.5) is 4.39 Å². The first-order chi connectivity index (χ1) is 11.9. The molecule has 2 aromatic rings. The number of methoxy groups -OCH3 is 2. The summed E-state index contributed by atoms with van der Waals surface area (Å²) in [5.41, 5.74) is 1.66. The number of hydrogen-bond acceptors (Lipinski definition) is 3. The van der Waals surface area contributed by atoms with Gasteiger partial charge in [0, 0.05) is 11.6 Å². The highest BCUT2D eigenvalue weighted by Crippen LogP contribution is 2.26. The fraction of sp³-hybridized carbons (Fsp3) is 0.350. The summed E-state index contributed by atoms with van der Waals surface area (Å²) in [6.45, 7) is 4.03. The van der Waals surface area contributed by atoms with Gasteiger partial charge >= 0.3 is 0 Å². The van der Waals surface area contributed by atoms with Crippen LogP contribution in [0.3, 0.4) is 0 Å². The van der Waals surface area contributed by atoms with Gasteiger partial charge in [0.05, 0.1) is 26.7 Å². The van der Waals surface area contributed by atoms with Crippen LogP contribution < -0.4 is 14.8 Å². The maximum atomic E-state index is 13.1. The molecule has 134 valence electrons. The van der Waals surface area contributed by atoms with E-state index in [2.05, 4.69) is 5.32 Å². The van der Waals surface area contributed by atoms with Gasteiger partial charge in [-0.15, -0.1) is 0 Å². The maximum absolute atomic E-state index is 13.1. The van der Waals surface area contributed by atoms with Crippen molar-refractivity contribution in [3.05, 3.63) is 59.4 Å². The Morgan fingerprint density at radius 3 is 2.32 bits per heavy atom. The molecule has 4 nitrogen and oxygen atoms in total. The second-order valence-electron chi connectivity index (χ2n) is 6.20. The summed E-state index contributed by atoms with van der Waals surface area (Å²) in [4.78, 5) is 12.5. The van der Waals surface area contributed by atoms with Gasteiger partial charge < -0.3 is 14.8 Å². The average molecular weight is 345 g/mol. The van der Waals surface area contributed by atoms with E-state index in [1.165, 1.54) is 12.1 Å². The Labute approximate surface area is 148 Å². The van der Waals surface area contributed by atoms with Crippen LogP contribution in [0.1, 0.15) is 31.0 Å². The minimum absolute atomic E-state index is 0.119. The monoisotopic (exact) mass is 345 g/mol. The summed E-state index contributed by atoms with van der Waals surface area (Å²) in [7, 11) is 3.14. The zero-order valence-corrected chi connectivity index (χ0v) is 15.0. The van der Waals surface area contributed by atoms with Crippen LogP contribution in [0.25, 0.3) is 0 Å². The SMILES string of the molecule is COc1ccc(CC(=O)NC(c2ccc(F)cc2)C(C)C)c(OC)c1. The van der Waals surface area contributed by atoms with Crippen LogP contribution >= 0.6 is 0 Å². The second kappa shape index (κ2) is 8.51. The van der Waals surface area contributed by atoms with Gasteiger partial charge in [0.1, 0.15) is 17.3 Å². The molecule has 1 unspecified atom stereocenters. The van der Waals surface area contributed by atoms with E-state index >= 15 is 0 Å². The molecule has 0 saturated heterocycles. The van der Waals surface area contributed by atoms with Crippen LogP contribution in [0, 0.1) is 11.7 Å². The van der Waals surface area contributed by atoms with Gasteiger partial charge in [-0.25, -0.2) is 4.39 Å². The van der Waals surface area contributed by atoms with Crippen molar-refractivity contribution >= 4 is 5.91 Å². The van der Waals surface area contributed by atoms with Gasteiger partial charge in [-0.1, -0.05) is 32.0 Å². The molecule has 0 saturated carbocycles. The van der Waals surface area contributed by atoms with Gasteiger partial charge in [0.2, 0.25) is 5.91 Å². The average Bonchev–Trinajstić information content (AvgIpc) is 2.60. The first kappa shape index (κ1) is 18.8. The molecule has 0 aliphatic heterocycles. The zero-order valence-electron chi connectivity index (χ0n) is 15.0. The molecule has 5 heteroatoms. The lowest BCUT2D eigenvalue weighted by Gasteiger charge is -2.23. The molecule has 1 atom stereocenters. The van der Waals surface area contributed by atoms with E-state index in [9.17, 15) is 9.18 Å². The lowest BCUT2D eigenvalue weighted by Crippen LogP contribution is -2.32. The zero-order chi connectivity index (χ0) is 18.4. The number of benzene rings is 2. The third-order valence-corrected chi connectivity index (χ3v) is 4.06. The molecule has 0 aliphatic rings. The number of nitrogens with one attached hydrogen (secondary N) is 1. The number of halogens is 1. The Hall–Kier alpha value is -2.56. The predicted octanol–water partition coefficient (Wildman–Crippen LogP) is 3.90. The van der Waals surface area contributed by atoms with Gasteiger partial charge in [-0.2, -0.15) is 0 Å². The quantitative estimate of drug-likeness (QED) is 0.828. The normalized spacial score (nSPS) is 11.9. The number of carbonyl (C=O) groups is 1. The Morgan fingerprint density at radius 2 is 1.76 bits per heavy atom. The summed E-state index contributed by atoms with van der Waals surface area (Å²) >= 11 is 0. The first-order valence-corrected chi connectivity index (χ1v) is 8.20. The van der Waals surface area contributed by atoms with Crippen molar-refractivity contribution in [1.82, 2.24) is 5.32 Å². The molecular weight excluding hydrogens is 321 g/mol. The van der Waals surface area contributed by atoms with E-state index in [1.807, 2.05) is 19.9 Å². The third-order valence-electron chi connectivity index (χ3n) is 4.06. The Bertz CT molecular complexity index is 713. The molecule has 0 heterocycles. The van der Waals surface area contributed by atoms with Gasteiger partial charge in [0.25, 0.3) is 0 Å². The number of carbonyl (C=O) groups excluding carboxylic acids is 1. The van der Waals surface area contributed by atoms with E-state index in [-0.39, 0.29) is 30.1 Å². The first-order valence-electron chi connectivity index (χ1n) is 8.20. The van der Waals surface area contributed by atoms with Crippen molar-refractivity contribution in [2.24, 2.45) is 5.92 Å². The molecule has 1 amide bonds. The summed E-state index contributed by atoms with van der Waals surface area (Å²) < 4.78 is 23.6. The van der Waals surface area contributed by atoms with Crippen LogP contribution in [0.5, 0.6) is 11.5 Å². The van der Waals surface area contributed by atoms with Crippen molar-refractivity contribution in [2.75, 3.05) is 14.2 Å². The summed E-state index contributed by atoms with van der Waals surface area (Å²) in [5.74, 6) is 1.05. The van der Waals surface area contributed by atoms with Gasteiger partial charge in [0.15, 0.2) is 0 Å². The molecule has 2 rings (SSSR count). The van der Waals surface area contributed by atoms with Crippen molar-refractivity contribution in [1.29, 1.82) is 0 Å². The van der Waals surface area contributed by atoms with E-state index in [1.54, 1.807) is 38.5 Å². The summed E-state index contributed by atoms with van der Waals surface area (Å²) in [6, 6.07) is 11.4. The van der Waals surface area contributed by atoms with Crippen molar-refractivity contribution < 1.29 is 18.7 Å². The Morgan fingerprint density at radius 1 is 1.08 bits per heavy atom. The molecule has 25 heavy (non-hydrogen) atoms. The van der Waals surface area contributed by atoms with Crippen molar-refractivity contribution in [3.63, 3.8) is 0 Å². The molecule has 2 aromatic carbocycles. The fourth-order valence-electron chi connectivity index (χ4n) is 2.70. The molecule has 0 bridgehead atoms. The number of hydrogen-bond donors (Lipinski definition) is 1. The molecule has 0 aliphatic carbocycles. The minimum Gasteiger partial charge on any atom is -0.497 e. The molecule has 0 spiro atoms. The maximum Gasteiger partial charge on any atom is 0.225 e. The predicted molar refractivity (Wildman–Crippen MR) is 95.4 cm³/mol. The molecule has 1 N–H and O–H groups in total. The van der Waals surface area contributed by atoms with Crippen LogP contribution in [-0.4, -0.2) is 20.1 Å². The fourth-order valence-corrected chi connectivity index (χ4v) is 2.70. The molecular formula is C20H24FNO3. The highest BCUT2D eigenvalue weighted by atomic mass is 19.1. The standard InChI is InChI=1S/C20H24FNO3/c1-13(2)20(14-5-8-16(21)9-6-14)22-19(23)11-15-7-10-17(24-3)12-18(15)25-4/h5-10,12-13,20H,11H2,1-4H3,(H,22,23). The summed E-state index contributed by atoms with van der Waals surface area (Å²) in [5, 5.41) is 3.03. The second-order valence-corrected chi connectivity index (χ2v) is 6.20. The van der Waals surface area contributed by atoms with E-state index in [4.69, 9.17) is 9.47 Å². The van der Waals surface area contributed by atoms with Gasteiger partial charge in [-0.05, 0) is 29.7 Å². The topological polar surface area (TPSA) is 47.6 Å². The number of ether oxygens (including phenoxy) is 2. The minimum atomic E-state index is -0.291. The molecule has 0 aromatic heterocycles. The number of rotatable bonds is 7. The van der Waals surface area contributed by atoms with E-state index in [0.717, 1.165) is 11.1 Å². The molecule has 0 fully saturated rings. The summed E-state index contributed by atoms with van der Waals surface area (Å²) in [6.07, 6.45) is 0.192.